The lowest BCUT2D eigenvalue weighted by Crippen LogP contribution is -2.34. The number of nitrogens with zero attached hydrogens (tertiary/aromatic N) is 5. The highest BCUT2D eigenvalue weighted by Crippen LogP contribution is 2.37. The van der Waals surface area contributed by atoms with Crippen molar-refractivity contribution in [1.82, 2.24) is 29.5 Å². The minimum atomic E-state index is -3.75. The van der Waals surface area contributed by atoms with Crippen molar-refractivity contribution in [3.8, 4) is 10.7 Å². The first-order chi connectivity index (χ1) is 13.8. The SMILES string of the molecule is CC1(NS(=O)(=O)c2ccc3c(c2)c(-c2nnc(C(F)F)s2)nc2ccnn23)CC1. The second-order valence-corrected chi connectivity index (χ2v) is 9.84. The second kappa shape index (κ2) is 6.21. The lowest BCUT2D eigenvalue weighted by Gasteiger charge is -2.13. The van der Waals surface area contributed by atoms with Crippen LogP contribution in [-0.4, -0.2) is 38.8 Å². The number of hydrogen-bond donors (Lipinski definition) is 1. The average molecular weight is 436 g/mol. The summed E-state index contributed by atoms with van der Waals surface area (Å²) < 4.78 is 55.8. The minimum Gasteiger partial charge on any atom is -0.225 e. The van der Waals surface area contributed by atoms with E-state index in [2.05, 4.69) is 25.0 Å². The number of benzene rings is 1. The van der Waals surface area contributed by atoms with Crippen molar-refractivity contribution in [1.29, 1.82) is 0 Å². The zero-order valence-electron chi connectivity index (χ0n) is 15.0. The van der Waals surface area contributed by atoms with Crippen LogP contribution in [0.5, 0.6) is 0 Å². The normalized spacial score (nSPS) is 16.1. The Morgan fingerprint density at radius 1 is 1.24 bits per heavy atom. The largest absolute Gasteiger partial charge is 0.291 e. The molecule has 0 unspecified atom stereocenters. The van der Waals surface area contributed by atoms with Crippen molar-refractivity contribution in [2.45, 2.75) is 36.6 Å². The molecule has 0 spiro atoms. The van der Waals surface area contributed by atoms with E-state index in [4.69, 9.17) is 0 Å². The van der Waals surface area contributed by atoms with Gasteiger partial charge in [-0.2, -0.15) is 5.10 Å². The molecule has 0 radical (unpaired) electrons. The minimum absolute atomic E-state index is 0.0614. The molecule has 0 aliphatic heterocycles. The molecule has 5 rings (SSSR count). The molecule has 3 heterocycles. The molecular weight excluding hydrogens is 422 g/mol. The Labute approximate surface area is 167 Å². The van der Waals surface area contributed by atoms with Crippen LogP contribution in [0.15, 0.2) is 35.4 Å². The lowest BCUT2D eigenvalue weighted by atomic mass is 10.2. The molecule has 8 nitrogen and oxygen atoms in total. The van der Waals surface area contributed by atoms with E-state index in [0.29, 0.717) is 16.6 Å². The molecule has 0 saturated heterocycles. The monoisotopic (exact) mass is 436 g/mol. The highest BCUT2D eigenvalue weighted by Gasteiger charge is 2.41. The molecule has 0 bridgehead atoms. The Hall–Kier alpha value is -2.57. The Balaban J connectivity index is 1.73. The molecule has 29 heavy (non-hydrogen) atoms. The van der Waals surface area contributed by atoms with E-state index in [-0.39, 0.29) is 15.6 Å². The molecule has 1 saturated carbocycles. The Morgan fingerprint density at radius 3 is 2.72 bits per heavy atom. The van der Waals surface area contributed by atoms with Gasteiger partial charge in [0, 0.05) is 17.0 Å². The van der Waals surface area contributed by atoms with Gasteiger partial charge in [0.05, 0.1) is 16.6 Å². The van der Waals surface area contributed by atoms with Crippen LogP contribution >= 0.6 is 11.3 Å². The third-order valence-corrected chi connectivity index (χ3v) is 7.39. The average Bonchev–Trinajstić information content (AvgIpc) is 3.09. The maximum Gasteiger partial charge on any atom is 0.291 e. The van der Waals surface area contributed by atoms with Crippen molar-refractivity contribution in [2.75, 3.05) is 0 Å². The Bertz CT molecular complexity index is 1360. The second-order valence-electron chi connectivity index (χ2n) is 7.15. The summed E-state index contributed by atoms with van der Waals surface area (Å²) >= 11 is 0.724. The maximum absolute atomic E-state index is 13.0. The van der Waals surface area contributed by atoms with E-state index in [0.717, 1.165) is 24.2 Å². The molecular formula is C17H14F2N6O2S2. The molecule has 3 aromatic heterocycles. The van der Waals surface area contributed by atoms with Gasteiger partial charge in [-0.15, -0.1) is 10.2 Å². The fourth-order valence-corrected chi connectivity index (χ4v) is 5.25. The molecule has 4 aromatic rings. The van der Waals surface area contributed by atoms with E-state index in [1.165, 1.54) is 12.1 Å². The van der Waals surface area contributed by atoms with Crippen LogP contribution in [0.3, 0.4) is 0 Å². The van der Waals surface area contributed by atoms with Gasteiger partial charge in [0.15, 0.2) is 15.7 Å². The van der Waals surface area contributed by atoms with Crippen LogP contribution in [0.4, 0.5) is 8.78 Å². The van der Waals surface area contributed by atoms with Crippen LogP contribution in [0, 0.1) is 0 Å². The number of hydrogen-bond acceptors (Lipinski definition) is 7. The highest BCUT2D eigenvalue weighted by molar-refractivity contribution is 7.89. The number of halogens is 2. The lowest BCUT2D eigenvalue weighted by molar-refractivity contribution is 0.150. The fraction of sp³-hybridized carbons (Fsp3) is 0.294. The summed E-state index contributed by atoms with van der Waals surface area (Å²) in [7, 11) is -3.75. The molecule has 1 N–H and O–H groups in total. The molecule has 1 aromatic carbocycles. The van der Waals surface area contributed by atoms with Gasteiger partial charge in [-0.1, -0.05) is 11.3 Å². The van der Waals surface area contributed by atoms with Crippen LogP contribution in [0.2, 0.25) is 0 Å². The molecule has 0 atom stereocenters. The van der Waals surface area contributed by atoms with Crippen molar-refractivity contribution in [2.24, 2.45) is 0 Å². The number of fused-ring (bicyclic) bond motifs is 3. The van der Waals surface area contributed by atoms with E-state index < -0.39 is 27.0 Å². The summed E-state index contributed by atoms with van der Waals surface area (Å²) in [5, 5.41) is 11.8. The molecule has 1 aliphatic carbocycles. The zero-order valence-corrected chi connectivity index (χ0v) is 16.6. The van der Waals surface area contributed by atoms with Gasteiger partial charge >= 0.3 is 0 Å². The van der Waals surface area contributed by atoms with E-state index >= 15 is 0 Å². The maximum atomic E-state index is 13.0. The third kappa shape index (κ3) is 3.16. The summed E-state index contributed by atoms with van der Waals surface area (Å²) in [6.45, 7) is 1.85. The quantitative estimate of drug-likeness (QED) is 0.516. The number of sulfonamides is 1. The van der Waals surface area contributed by atoms with E-state index in [1.807, 2.05) is 6.92 Å². The van der Waals surface area contributed by atoms with Crippen molar-refractivity contribution < 1.29 is 17.2 Å². The van der Waals surface area contributed by atoms with Crippen LogP contribution in [-0.2, 0) is 10.0 Å². The van der Waals surface area contributed by atoms with Gasteiger partial charge in [-0.3, -0.25) is 0 Å². The molecule has 12 heteroatoms. The molecule has 1 fully saturated rings. The highest BCUT2D eigenvalue weighted by atomic mass is 32.2. The summed E-state index contributed by atoms with van der Waals surface area (Å²) in [5.41, 5.74) is 0.930. The standard InChI is InChI=1S/C17H14F2N6O2S2/c1-17(5-6-17)24-29(26,27)9-2-3-11-10(8-9)13(21-12-4-7-20-25(11)12)15-22-23-16(28-15)14(18)19/h2-4,7-8,14,24H,5-6H2,1H3. The van der Waals surface area contributed by atoms with Crippen molar-refractivity contribution in [3.63, 3.8) is 0 Å². The number of alkyl halides is 2. The fourth-order valence-electron chi connectivity index (χ4n) is 3.05. The number of rotatable bonds is 5. The van der Waals surface area contributed by atoms with E-state index in [9.17, 15) is 17.2 Å². The van der Waals surface area contributed by atoms with Crippen molar-refractivity contribution in [3.05, 3.63) is 35.5 Å². The van der Waals surface area contributed by atoms with Gasteiger partial charge in [-0.05, 0) is 38.0 Å². The summed E-state index contributed by atoms with van der Waals surface area (Å²) in [6, 6.07) is 6.25. The first-order valence-corrected chi connectivity index (χ1v) is 11.0. The predicted molar refractivity (Wildman–Crippen MR) is 102 cm³/mol. The molecule has 0 amide bonds. The number of nitrogens with one attached hydrogen (secondary N) is 1. The van der Waals surface area contributed by atoms with Gasteiger partial charge in [-0.25, -0.2) is 31.4 Å². The zero-order chi connectivity index (χ0) is 20.4. The molecule has 150 valence electrons. The summed E-state index contributed by atoms with van der Waals surface area (Å²) in [4.78, 5) is 4.53. The third-order valence-electron chi connectivity index (χ3n) is 4.82. The van der Waals surface area contributed by atoms with Crippen LogP contribution in [0.25, 0.3) is 27.3 Å². The van der Waals surface area contributed by atoms with Gasteiger partial charge < -0.3 is 0 Å². The predicted octanol–water partition coefficient (Wildman–Crippen LogP) is 3.17. The van der Waals surface area contributed by atoms with Crippen molar-refractivity contribution >= 4 is 37.9 Å². The van der Waals surface area contributed by atoms with Gasteiger partial charge in [0.25, 0.3) is 6.43 Å². The Morgan fingerprint density at radius 2 is 2.03 bits per heavy atom. The number of aromatic nitrogens is 5. The summed E-state index contributed by atoms with van der Waals surface area (Å²) in [5.74, 6) is 0. The first-order valence-electron chi connectivity index (χ1n) is 8.69. The van der Waals surface area contributed by atoms with Gasteiger partial charge in [0.1, 0.15) is 5.69 Å². The topological polar surface area (TPSA) is 102 Å². The summed E-state index contributed by atoms with van der Waals surface area (Å²) in [6.07, 6.45) is 0.366. The van der Waals surface area contributed by atoms with Crippen LogP contribution < -0.4 is 4.72 Å². The van der Waals surface area contributed by atoms with E-state index in [1.54, 1.807) is 22.8 Å². The first kappa shape index (κ1) is 18.5. The van der Waals surface area contributed by atoms with Gasteiger partial charge in [0.2, 0.25) is 10.0 Å². The molecule has 1 aliphatic rings. The smallest absolute Gasteiger partial charge is 0.225 e. The Kier molecular flexibility index (Phi) is 3.95. The van der Waals surface area contributed by atoms with Crippen LogP contribution in [0.1, 0.15) is 31.2 Å².